The lowest BCUT2D eigenvalue weighted by Crippen LogP contribution is -2.35. The van der Waals surface area contributed by atoms with Crippen LogP contribution in [-0.4, -0.2) is 55.0 Å². The van der Waals surface area contributed by atoms with Gasteiger partial charge in [-0.3, -0.25) is 14.6 Å². The summed E-state index contributed by atoms with van der Waals surface area (Å²) in [7, 11) is 1.34. The Morgan fingerprint density at radius 2 is 2.04 bits per heavy atom. The second kappa shape index (κ2) is 8.45. The fourth-order valence-electron chi connectivity index (χ4n) is 2.64. The molecule has 0 aliphatic carbocycles. The van der Waals surface area contributed by atoms with Crippen LogP contribution in [0.5, 0.6) is 0 Å². The Bertz CT molecular complexity index is 553. The van der Waals surface area contributed by atoms with Gasteiger partial charge in [-0.1, -0.05) is 0 Å². The van der Waals surface area contributed by atoms with Crippen molar-refractivity contribution in [2.45, 2.75) is 25.7 Å². The van der Waals surface area contributed by atoms with E-state index in [0.29, 0.717) is 32.5 Å². The topological polar surface area (TPSA) is 62.7 Å². The largest absolute Gasteiger partial charge is 0.469 e. The Morgan fingerprint density at radius 3 is 2.78 bits per heavy atom. The first-order chi connectivity index (χ1) is 11.1. The Morgan fingerprint density at radius 1 is 1.22 bits per heavy atom. The van der Waals surface area contributed by atoms with Crippen LogP contribution in [0.2, 0.25) is 0 Å². The molecule has 0 spiro atoms. The quantitative estimate of drug-likeness (QED) is 0.770. The maximum absolute atomic E-state index is 13.3. The minimum atomic E-state index is -0.359. The molecule has 23 heavy (non-hydrogen) atoms. The molecular weight excluding hydrogens is 301 g/mol. The summed E-state index contributed by atoms with van der Waals surface area (Å²) in [6.07, 6.45) is 4.74. The molecule has 0 radical (unpaired) electrons. The Kier molecular flexibility index (Phi) is 6.31. The van der Waals surface area contributed by atoms with Crippen molar-refractivity contribution >= 4 is 17.6 Å². The predicted molar refractivity (Wildman–Crippen MR) is 83.5 cm³/mol. The standard InChI is InChI=1S/C16H22FN3O3/c1-23-16(22)5-2-4-15(21)20-7-3-6-19(8-9-20)14-10-13(17)11-18-12-14/h10-12H,2-9H2,1H3. The van der Waals surface area contributed by atoms with Crippen LogP contribution in [0.1, 0.15) is 25.7 Å². The number of esters is 1. The van der Waals surface area contributed by atoms with Crippen LogP contribution in [-0.2, 0) is 14.3 Å². The maximum atomic E-state index is 13.3. The van der Waals surface area contributed by atoms with Crippen molar-refractivity contribution in [3.8, 4) is 0 Å². The lowest BCUT2D eigenvalue weighted by molar-refractivity contribution is -0.140. The molecule has 0 unspecified atom stereocenters. The van der Waals surface area contributed by atoms with Crippen LogP contribution in [0.15, 0.2) is 18.5 Å². The molecule has 1 fully saturated rings. The van der Waals surface area contributed by atoms with E-state index in [2.05, 4.69) is 9.72 Å². The molecule has 2 heterocycles. The lowest BCUT2D eigenvalue weighted by atomic mass is 10.2. The summed E-state index contributed by atoms with van der Waals surface area (Å²) in [6, 6.07) is 1.46. The zero-order valence-corrected chi connectivity index (χ0v) is 13.3. The monoisotopic (exact) mass is 323 g/mol. The van der Waals surface area contributed by atoms with Crippen molar-refractivity contribution in [1.82, 2.24) is 9.88 Å². The van der Waals surface area contributed by atoms with E-state index in [4.69, 9.17) is 0 Å². The van der Waals surface area contributed by atoms with Crippen LogP contribution in [0.25, 0.3) is 0 Å². The van der Waals surface area contributed by atoms with Crippen molar-refractivity contribution in [2.75, 3.05) is 38.2 Å². The molecule has 126 valence electrons. The third-order valence-corrected chi connectivity index (χ3v) is 3.90. The number of methoxy groups -OCH3 is 1. The molecule has 1 saturated heterocycles. The summed E-state index contributed by atoms with van der Waals surface area (Å²) in [5.41, 5.74) is 0.741. The number of nitrogens with zero attached hydrogens (tertiary/aromatic N) is 3. The van der Waals surface area contributed by atoms with Gasteiger partial charge in [0, 0.05) is 45.1 Å². The van der Waals surface area contributed by atoms with E-state index in [1.165, 1.54) is 19.4 Å². The van der Waals surface area contributed by atoms with Gasteiger partial charge in [0.25, 0.3) is 0 Å². The number of ether oxygens (including phenoxy) is 1. The van der Waals surface area contributed by atoms with Crippen molar-refractivity contribution < 1.29 is 18.7 Å². The molecule has 0 bridgehead atoms. The Balaban J connectivity index is 1.83. The molecule has 0 atom stereocenters. The van der Waals surface area contributed by atoms with Gasteiger partial charge in [0.15, 0.2) is 0 Å². The zero-order valence-electron chi connectivity index (χ0n) is 13.3. The molecule has 1 aliphatic rings. The van der Waals surface area contributed by atoms with Crippen molar-refractivity contribution in [3.05, 3.63) is 24.3 Å². The van der Waals surface area contributed by atoms with Gasteiger partial charge in [-0.05, 0) is 12.8 Å². The smallest absolute Gasteiger partial charge is 0.305 e. The van der Waals surface area contributed by atoms with Gasteiger partial charge in [0.05, 0.1) is 25.2 Å². The minimum absolute atomic E-state index is 0.0492. The summed E-state index contributed by atoms with van der Waals surface area (Å²) in [4.78, 5) is 31.0. The van der Waals surface area contributed by atoms with E-state index < -0.39 is 0 Å². The number of halogens is 1. The van der Waals surface area contributed by atoms with E-state index >= 15 is 0 Å². The van der Waals surface area contributed by atoms with Crippen LogP contribution in [0.3, 0.4) is 0 Å². The number of rotatable bonds is 5. The fraction of sp³-hybridized carbons (Fsp3) is 0.562. The SMILES string of the molecule is COC(=O)CCCC(=O)N1CCCN(c2cncc(F)c2)CC1. The highest BCUT2D eigenvalue weighted by molar-refractivity contribution is 5.77. The second-order valence-corrected chi connectivity index (χ2v) is 5.51. The number of aromatic nitrogens is 1. The number of anilines is 1. The third kappa shape index (κ3) is 5.19. The first-order valence-electron chi connectivity index (χ1n) is 7.80. The van der Waals surface area contributed by atoms with Gasteiger partial charge in [0.2, 0.25) is 5.91 Å². The summed E-state index contributed by atoms with van der Waals surface area (Å²) >= 11 is 0. The molecule has 6 nitrogen and oxygen atoms in total. The molecule has 0 N–H and O–H groups in total. The molecule has 1 aromatic rings. The summed E-state index contributed by atoms with van der Waals surface area (Å²) in [5, 5.41) is 0. The molecule has 1 amide bonds. The molecule has 7 heteroatoms. The van der Waals surface area contributed by atoms with E-state index in [1.54, 1.807) is 6.20 Å². The van der Waals surface area contributed by atoms with Gasteiger partial charge in [-0.2, -0.15) is 0 Å². The van der Waals surface area contributed by atoms with Gasteiger partial charge >= 0.3 is 5.97 Å². The van der Waals surface area contributed by atoms with Crippen LogP contribution >= 0.6 is 0 Å². The van der Waals surface area contributed by atoms with Gasteiger partial charge in [-0.15, -0.1) is 0 Å². The highest BCUT2D eigenvalue weighted by atomic mass is 19.1. The summed E-state index contributed by atoms with van der Waals surface area (Å²) < 4.78 is 17.8. The minimum Gasteiger partial charge on any atom is -0.469 e. The highest BCUT2D eigenvalue weighted by Crippen LogP contribution is 2.17. The lowest BCUT2D eigenvalue weighted by Gasteiger charge is -2.23. The Labute approximate surface area is 135 Å². The number of carbonyl (C=O) groups excluding carboxylic acids is 2. The second-order valence-electron chi connectivity index (χ2n) is 5.51. The normalized spacial score (nSPS) is 15.2. The molecule has 1 aliphatic heterocycles. The van der Waals surface area contributed by atoms with Gasteiger partial charge in [0.1, 0.15) is 5.82 Å². The highest BCUT2D eigenvalue weighted by Gasteiger charge is 2.19. The molecule has 0 aromatic carbocycles. The van der Waals surface area contributed by atoms with E-state index in [0.717, 1.165) is 18.7 Å². The van der Waals surface area contributed by atoms with Gasteiger partial charge < -0.3 is 14.5 Å². The molecule has 0 saturated carbocycles. The number of amides is 1. The number of hydrogen-bond donors (Lipinski definition) is 0. The number of hydrogen-bond acceptors (Lipinski definition) is 5. The van der Waals surface area contributed by atoms with Crippen molar-refractivity contribution in [2.24, 2.45) is 0 Å². The predicted octanol–water partition coefficient (Wildman–Crippen LogP) is 1.60. The average molecular weight is 323 g/mol. The van der Waals surface area contributed by atoms with Crippen LogP contribution in [0.4, 0.5) is 10.1 Å². The van der Waals surface area contributed by atoms with E-state index in [1.807, 2.05) is 9.80 Å². The number of carbonyl (C=O) groups is 2. The number of pyridine rings is 1. The summed E-state index contributed by atoms with van der Waals surface area (Å²) in [5.74, 6) is -0.603. The maximum Gasteiger partial charge on any atom is 0.305 e. The van der Waals surface area contributed by atoms with E-state index in [-0.39, 0.29) is 24.1 Å². The Hall–Kier alpha value is -2.18. The molecule has 1 aromatic heterocycles. The van der Waals surface area contributed by atoms with Crippen molar-refractivity contribution in [1.29, 1.82) is 0 Å². The zero-order chi connectivity index (χ0) is 16.7. The first-order valence-corrected chi connectivity index (χ1v) is 7.80. The van der Waals surface area contributed by atoms with Gasteiger partial charge in [-0.25, -0.2) is 4.39 Å². The molecular formula is C16H22FN3O3. The first kappa shape index (κ1) is 17.2. The third-order valence-electron chi connectivity index (χ3n) is 3.90. The van der Waals surface area contributed by atoms with Crippen LogP contribution < -0.4 is 4.90 Å². The average Bonchev–Trinajstić information content (AvgIpc) is 2.80. The summed E-state index contributed by atoms with van der Waals surface area (Å²) in [6.45, 7) is 2.68. The molecule has 2 rings (SSSR count). The van der Waals surface area contributed by atoms with Crippen molar-refractivity contribution in [3.63, 3.8) is 0 Å². The van der Waals surface area contributed by atoms with Crippen LogP contribution in [0, 0.1) is 5.82 Å². The fourth-order valence-corrected chi connectivity index (χ4v) is 2.64. The van der Waals surface area contributed by atoms with E-state index in [9.17, 15) is 14.0 Å².